The molecule has 1 saturated heterocycles. The fourth-order valence-electron chi connectivity index (χ4n) is 2.23. The lowest BCUT2D eigenvalue weighted by Crippen LogP contribution is -2.31. The molecule has 2 atom stereocenters. The molecule has 0 aromatic heterocycles. The van der Waals surface area contributed by atoms with E-state index in [0.717, 1.165) is 6.42 Å². The van der Waals surface area contributed by atoms with Gasteiger partial charge in [0.1, 0.15) is 0 Å². The van der Waals surface area contributed by atoms with Gasteiger partial charge in [-0.25, -0.2) is 0 Å². The summed E-state index contributed by atoms with van der Waals surface area (Å²) in [5, 5.41) is 11.9. The van der Waals surface area contributed by atoms with E-state index in [0.29, 0.717) is 18.7 Å². The Labute approximate surface area is 111 Å². The fourth-order valence-corrected chi connectivity index (χ4v) is 2.23. The molecule has 1 heterocycles. The second-order valence-corrected chi connectivity index (χ2v) is 4.61. The van der Waals surface area contributed by atoms with Crippen LogP contribution < -0.4 is 5.32 Å². The molecule has 0 saturated carbocycles. The molecule has 0 aliphatic carbocycles. The monoisotopic (exact) mass is 263 g/mol. The first kappa shape index (κ1) is 13.5. The van der Waals surface area contributed by atoms with Gasteiger partial charge in [-0.15, -0.1) is 0 Å². The first-order valence-electron chi connectivity index (χ1n) is 6.36. The molecule has 5 heteroatoms. The van der Waals surface area contributed by atoms with Crippen LogP contribution in [0.3, 0.4) is 0 Å². The first-order valence-corrected chi connectivity index (χ1v) is 6.36. The normalized spacial score (nSPS) is 19.9. The van der Waals surface area contributed by atoms with Crippen LogP contribution in [0, 0.1) is 5.92 Å². The minimum Gasteiger partial charge on any atom is -0.481 e. The molecule has 1 amide bonds. The smallest absolute Gasteiger partial charge is 0.309 e. The van der Waals surface area contributed by atoms with E-state index in [9.17, 15) is 14.7 Å². The van der Waals surface area contributed by atoms with E-state index in [1.54, 1.807) is 12.1 Å². The average Bonchev–Trinajstić information content (AvgIpc) is 2.90. The number of rotatable bonds is 5. The predicted octanol–water partition coefficient (Wildman–Crippen LogP) is 1.90. The molecule has 1 aliphatic heterocycles. The molecule has 1 fully saturated rings. The number of carboxylic acids is 1. The molecule has 0 spiro atoms. The molecular weight excluding hydrogens is 246 g/mol. The van der Waals surface area contributed by atoms with Crippen molar-refractivity contribution in [2.24, 2.45) is 5.92 Å². The number of hydrogen-bond donors (Lipinski definition) is 2. The number of anilines is 1. The van der Waals surface area contributed by atoms with Crippen LogP contribution in [0.15, 0.2) is 30.3 Å². The number of hydrogen-bond acceptors (Lipinski definition) is 3. The number of amides is 1. The molecule has 5 nitrogen and oxygen atoms in total. The van der Waals surface area contributed by atoms with Crippen molar-refractivity contribution >= 4 is 17.6 Å². The molecule has 19 heavy (non-hydrogen) atoms. The lowest BCUT2D eigenvalue weighted by Gasteiger charge is -2.18. The number of para-hydroxylation sites is 1. The van der Waals surface area contributed by atoms with Gasteiger partial charge in [-0.1, -0.05) is 18.2 Å². The molecule has 1 aromatic rings. The van der Waals surface area contributed by atoms with Gasteiger partial charge in [0, 0.05) is 18.7 Å². The number of benzene rings is 1. The van der Waals surface area contributed by atoms with E-state index in [1.807, 2.05) is 18.2 Å². The predicted molar refractivity (Wildman–Crippen MR) is 69.8 cm³/mol. The molecular formula is C14H17NO4. The zero-order valence-corrected chi connectivity index (χ0v) is 10.5. The lowest BCUT2D eigenvalue weighted by atomic mass is 9.96. The third-order valence-electron chi connectivity index (χ3n) is 3.19. The molecule has 1 aliphatic rings. The summed E-state index contributed by atoms with van der Waals surface area (Å²) in [6, 6.07) is 9.00. The zero-order valence-electron chi connectivity index (χ0n) is 10.5. The average molecular weight is 263 g/mol. The highest BCUT2D eigenvalue weighted by molar-refractivity contribution is 5.93. The van der Waals surface area contributed by atoms with Crippen LogP contribution in [0.1, 0.15) is 19.3 Å². The molecule has 0 bridgehead atoms. The van der Waals surface area contributed by atoms with Crippen LogP contribution in [0.25, 0.3) is 0 Å². The van der Waals surface area contributed by atoms with E-state index >= 15 is 0 Å². The zero-order chi connectivity index (χ0) is 13.7. The maximum Gasteiger partial charge on any atom is 0.309 e. The maximum absolute atomic E-state index is 11.9. The Morgan fingerprint density at radius 1 is 1.37 bits per heavy atom. The summed E-state index contributed by atoms with van der Waals surface area (Å²) in [7, 11) is 0. The van der Waals surface area contributed by atoms with E-state index < -0.39 is 11.9 Å². The van der Waals surface area contributed by atoms with E-state index in [2.05, 4.69) is 5.32 Å². The Hall–Kier alpha value is -1.88. The summed E-state index contributed by atoms with van der Waals surface area (Å²) in [6.07, 6.45) is 1.15. The van der Waals surface area contributed by atoms with Gasteiger partial charge in [-0.2, -0.15) is 0 Å². The minimum atomic E-state index is -0.977. The quantitative estimate of drug-likeness (QED) is 0.850. The number of nitrogens with one attached hydrogen (secondary N) is 1. The van der Waals surface area contributed by atoms with Gasteiger partial charge < -0.3 is 15.2 Å². The highest BCUT2D eigenvalue weighted by atomic mass is 16.5. The number of carbonyl (C=O) groups is 2. The van der Waals surface area contributed by atoms with Crippen molar-refractivity contribution < 1.29 is 19.4 Å². The van der Waals surface area contributed by atoms with Crippen LogP contribution in [0.4, 0.5) is 5.69 Å². The largest absolute Gasteiger partial charge is 0.481 e. The summed E-state index contributed by atoms with van der Waals surface area (Å²) in [6.45, 7) is 0.578. The summed E-state index contributed by atoms with van der Waals surface area (Å²) in [5.41, 5.74) is 0.670. The Balaban J connectivity index is 1.93. The van der Waals surface area contributed by atoms with Gasteiger partial charge in [0.05, 0.1) is 12.0 Å². The van der Waals surface area contributed by atoms with Crippen molar-refractivity contribution in [3.8, 4) is 0 Å². The lowest BCUT2D eigenvalue weighted by molar-refractivity contribution is -0.148. The van der Waals surface area contributed by atoms with Crippen molar-refractivity contribution in [1.82, 2.24) is 0 Å². The topological polar surface area (TPSA) is 75.6 Å². The van der Waals surface area contributed by atoms with Gasteiger partial charge in [0.2, 0.25) is 5.91 Å². The van der Waals surface area contributed by atoms with Crippen molar-refractivity contribution in [3.63, 3.8) is 0 Å². The fraction of sp³-hybridized carbons (Fsp3) is 0.429. The highest BCUT2D eigenvalue weighted by Gasteiger charge is 2.33. The van der Waals surface area contributed by atoms with Crippen LogP contribution >= 0.6 is 0 Å². The number of carboxylic acid groups (broad SMARTS) is 1. The first-order chi connectivity index (χ1) is 9.16. The SMILES string of the molecule is O=C(C[C@@H](C(=O)O)[C@H]1CCCO1)Nc1ccccc1. The van der Waals surface area contributed by atoms with Crippen LogP contribution in [0.5, 0.6) is 0 Å². The summed E-state index contributed by atoms with van der Waals surface area (Å²) in [5.74, 6) is -2.05. The van der Waals surface area contributed by atoms with E-state index in [1.165, 1.54) is 0 Å². The molecule has 0 unspecified atom stereocenters. The second kappa shape index (κ2) is 6.33. The molecule has 0 radical (unpaired) electrons. The van der Waals surface area contributed by atoms with Gasteiger partial charge >= 0.3 is 5.97 Å². The van der Waals surface area contributed by atoms with Gasteiger partial charge in [-0.3, -0.25) is 9.59 Å². The number of aliphatic carboxylic acids is 1. The van der Waals surface area contributed by atoms with Crippen molar-refractivity contribution in [2.75, 3.05) is 11.9 Å². The Morgan fingerprint density at radius 2 is 2.11 bits per heavy atom. The summed E-state index contributed by atoms with van der Waals surface area (Å²) < 4.78 is 5.37. The van der Waals surface area contributed by atoms with E-state index in [4.69, 9.17) is 4.74 Å². The minimum absolute atomic E-state index is 0.0606. The van der Waals surface area contributed by atoms with Crippen LogP contribution in [0.2, 0.25) is 0 Å². The third kappa shape index (κ3) is 3.79. The standard InChI is InChI=1S/C14H17NO4/c16-13(15-10-5-2-1-3-6-10)9-11(14(17)18)12-7-4-8-19-12/h1-3,5-6,11-12H,4,7-9H2,(H,15,16)(H,17,18)/t11-,12-/m1/s1. The molecule has 2 N–H and O–H groups in total. The Morgan fingerprint density at radius 3 is 2.68 bits per heavy atom. The van der Waals surface area contributed by atoms with Crippen molar-refractivity contribution in [3.05, 3.63) is 30.3 Å². The van der Waals surface area contributed by atoms with Crippen molar-refractivity contribution in [2.45, 2.75) is 25.4 Å². The number of ether oxygens (including phenoxy) is 1. The van der Waals surface area contributed by atoms with Gasteiger partial charge in [0.15, 0.2) is 0 Å². The highest BCUT2D eigenvalue weighted by Crippen LogP contribution is 2.23. The van der Waals surface area contributed by atoms with E-state index in [-0.39, 0.29) is 18.4 Å². The second-order valence-electron chi connectivity index (χ2n) is 4.61. The Kier molecular flexibility index (Phi) is 4.52. The summed E-state index contributed by atoms with van der Waals surface area (Å²) in [4.78, 5) is 23.1. The molecule has 102 valence electrons. The van der Waals surface area contributed by atoms with Gasteiger partial charge in [-0.05, 0) is 25.0 Å². The Bertz CT molecular complexity index is 440. The molecule has 1 aromatic carbocycles. The third-order valence-corrected chi connectivity index (χ3v) is 3.19. The van der Waals surface area contributed by atoms with Crippen molar-refractivity contribution in [1.29, 1.82) is 0 Å². The molecule has 2 rings (SSSR count). The summed E-state index contributed by atoms with van der Waals surface area (Å²) >= 11 is 0. The van der Waals surface area contributed by atoms with Crippen LogP contribution in [-0.4, -0.2) is 29.7 Å². The number of carbonyl (C=O) groups excluding carboxylic acids is 1. The van der Waals surface area contributed by atoms with Crippen LogP contribution in [-0.2, 0) is 14.3 Å². The maximum atomic E-state index is 11.9. The van der Waals surface area contributed by atoms with Gasteiger partial charge in [0.25, 0.3) is 0 Å².